The molecule has 0 fully saturated rings. The van der Waals surface area contributed by atoms with Gasteiger partial charge >= 0.3 is 5.97 Å². The van der Waals surface area contributed by atoms with E-state index in [0.717, 1.165) is 34.8 Å². The van der Waals surface area contributed by atoms with Gasteiger partial charge in [-0.1, -0.05) is 11.6 Å². The van der Waals surface area contributed by atoms with E-state index in [1.165, 1.54) is 6.92 Å². The van der Waals surface area contributed by atoms with Crippen LogP contribution in [0.2, 0.25) is 0 Å². The number of aromatic nitrogens is 3. The molecule has 2 N–H and O–H groups in total. The normalized spacial score (nSPS) is 16.9. The van der Waals surface area contributed by atoms with Gasteiger partial charge in [0.1, 0.15) is 22.3 Å². The van der Waals surface area contributed by atoms with Gasteiger partial charge < -0.3 is 19.9 Å². The van der Waals surface area contributed by atoms with E-state index < -0.39 is 12.1 Å². The molecule has 2 unspecified atom stereocenters. The molecule has 0 saturated heterocycles. The summed E-state index contributed by atoms with van der Waals surface area (Å²) in [5.41, 5.74) is 2.91. The van der Waals surface area contributed by atoms with Crippen LogP contribution in [0.3, 0.4) is 0 Å². The maximum absolute atomic E-state index is 12.8. The molecule has 10 heteroatoms. The van der Waals surface area contributed by atoms with Crippen LogP contribution >= 0.6 is 11.7 Å². The summed E-state index contributed by atoms with van der Waals surface area (Å²) in [6.45, 7) is 1.92. The topological polar surface area (TPSA) is 124 Å². The zero-order chi connectivity index (χ0) is 22.5. The van der Waals surface area contributed by atoms with Crippen molar-refractivity contribution >= 4 is 34.6 Å². The molecule has 0 aliphatic heterocycles. The smallest absolute Gasteiger partial charge is 0.332 e. The Morgan fingerprint density at radius 1 is 1.28 bits per heavy atom. The summed E-state index contributed by atoms with van der Waals surface area (Å²) in [6.07, 6.45) is 4.69. The molecular weight excluding hydrogens is 432 g/mol. The second-order valence-electron chi connectivity index (χ2n) is 7.43. The number of benzene rings is 1. The highest BCUT2D eigenvalue weighted by atomic mass is 32.1. The van der Waals surface area contributed by atoms with E-state index in [2.05, 4.69) is 19.0 Å². The van der Waals surface area contributed by atoms with E-state index in [4.69, 9.17) is 14.6 Å². The highest BCUT2D eigenvalue weighted by Crippen LogP contribution is 2.26. The Labute approximate surface area is 188 Å². The van der Waals surface area contributed by atoms with Crippen LogP contribution in [-0.2, 0) is 9.53 Å². The quantitative estimate of drug-likeness (QED) is 0.495. The number of carbonyl (C=O) groups excluding carboxylic acids is 1. The van der Waals surface area contributed by atoms with Gasteiger partial charge in [-0.3, -0.25) is 4.79 Å². The van der Waals surface area contributed by atoms with Crippen LogP contribution in [0.15, 0.2) is 48.2 Å². The molecule has 0 bridgehead atoms. The Bertz CT molecular complexity index is 1160. The predicted octanol–water partition coefficient (Wildman–Crippen LogP) is 3.58. The molecule has 32 heavy (non-hydrogen) atoms. The van der Waals surface area contributed by atoms with Gasteiger partial charge in [-0.15, -0.1) is 0 Å². The Balaban J connectivity index is 1.36. The summed E-state index contributed by atoms with van der Waals surface area (Å²) in [4.78, 5) is 27.9. The predicted molar refractivity (Wildman–Crippen MR) is 118 cm³/mol. The number of carbonyl (C=O) groups is 2. The maximum Gasteiger partial charge on any atom is 0.332 e. The Hall–Kier alpha value is -3.37. The minimum Gasteiger partial charge on any atom is -0.479 e. The Morgan fingerprint density at radius 3 is 2.91 bits per heavy atom. The highest BCUT2D eigenvalue weighted by molar-refractivity contribution is 7.00. The van der Waals surface area contributed by atoms with Crippen LogP contribution in [0.4, 0.5) is 0 Å². The van der Waals surface area contributed by atoms with Gasteiger partial charge in [-0.2, -0.15) is 8.75 Å². The number of nitrogens with one attached hydrogen (secondary N) is 1. The Kier molecular flexibility index (Phi) is 6.72. The van der Waals surface area contributed by atoms with Crippen molar-refractivity contribution in [3.63, 3.8) is 0 Å². The van der Waals surface area contributed by atoms with Crippen LogP contribution in [0.1, 0.15) is 36.5 Å². The number of ether oxygens (including phenoxy) is 2. The Morgan fingerprint density at radius 2 is 2.12 bits per heavy atom. The van der Waals surface area contributed by atoms with Crippen LogP contribution < -0.4 is 10.1 Å². The molecule has 9 nitrogen and oxygen atoms in total. The molecule has 1 amide bonds. The fraction of sp³-hybridized carbons (Fsp3) is 0.318. The van der Waals surface area contributed by atoms with Crippen molar-refractivity contribution < 1.29 is 24.2 Å². The molecule has 0 spiro atoms. The first kappa shape index (κ1) is 21.8. The monoisotopic (exact) mass is 454 g/mol. The van der Waals surface area contributed by atoms with Crippen molar-refractivity contribution in [2.24, 2.45) is 0 Å². The van der Waals surface area contributed by atoms with Gasteiger partial charge in [0.05, 0.1) is 17.8 Å². The van der Waals surface area contributed by atoms with Gasteiger partial charge in [0.15, 0.2) is 6.10 Å². The molecule has 1 aromatic carbocycles. The third kappa shape index (κ3) is 5.27. The lowest BCUT2D eigenvalue weighted by Gasteiger charge is -2.24. The lowest BCUT2D eigenvalue weighted by atomic mass is 9.97. The lowest BCUT2D eigenvalue weighted by molar-refractivity contribution is -0.153. The number of nitrogens with zero attached hydrogens (tertiary/aromatic N) is 3. The van der Waals surface area contributed by atoms with Crippen LogP contribution in [0.5, 0.6) is 11.6 Å². The van der Waals surface area contributed by atoms with Crippen molar-refractivity contribution in [3.05, 3.63) is 53.7 Å². The van der Waals surface area contributed by atoms with E-state index >= 15 is 0 Å². The molecular formula is C22H22N4O5S. The van der Waals surface area contributed by atoms with Crippen molar-refractivity contribution in [2.75, 3.05) is 6.54 Å². The molecule has 0 radical (unpaired) electrons. The lowest BCUT2D eigenvalue weighted by Crippen LogP contribution is -2.30. The van der Waals surface area contributed by atoms with Gasteiger partial charge in [0.2, 0.25) is 5.88 Å². The molecule has 3 aromatic rings. The van der Waals surface area contributed by atoms with Crippen molar-refractivity contribution in [2.45, 2.75) is 38.4 Å². The number of hydrogen-bond donors (Lipinski definition) is 2. The average Bonchev–Trinajstić information content (AvgIpc) is 3.26. The number of aliphatic carboxylic acids is 1. The number of carboxylic acid groups (broad SMARTS) is 1. The summed E-state index contributed by atoms with van der Waals surface area (Å²) in [6, 6.07) is 8.66. The molecule has 1 aliphatic rings. The van der Waals surface area contributed by atoms with Gasteiger partial charge in [-0.05, 0) is 50.5 Å². The second kappa shape index (κ2) is 9.84. The summed E-state index contributed by atoms with van der Waals surface area (Å²) in [5.74, 6) is -0.524. The largest absolute Gasteiger partial charge is 0.479 e. The second-order valence-corrected chi connectivity index (χ2v) is 7.96. The standard InChI is InChI=1S/C22H22N4O5S/c1-13(22(28)29)30-15-6-4-14(5-7-15)12-24-20(27)17-3-2-10-23-21(17)31-16-8-9-18-19(11-16)26-32-25-18/h2-4,8-11,13,15H,5-7,12H2,1H3,(H,24,27)(H,28,29). The first-order valence-electron chi connectivity index (χ1n) is 10.2. The number of rotatable bonds is 8. The van der Waals surface area contributed by atoms with E-state index in [0.29, 0.717) is 30.7 Å². The highest BCUT2D eigenvalue weighted by Gasteiger charge is 2.21. The molecule has 2 aromatic heterocycles. The zero-order valence-corrected chi connectivity index (χ0v) is 18.2. The molecule has 0 saturated carbocycles. The van der Waals surface area contributed by atoms with E-state index in [9.17, 15) is 9.59 Å². The minimum atomic E-state index is -0.968. The number of amides is 1. The molecule has 1 aliphatic carbocycles. The summed E-state index contributed by atoms with van der Waals surface area (Å²) in [7, 11) is 0. The fourth-order valence-electron chi connectivity index (χ4n) is 3.37. The van der Waals surface area contributed by atoms with Crippen LogP contribution in [0, 0.1) is 0 Å². The van der Waals surface area contributed by atoms with Gasteiger partial charge in [0.25, 0.3) is 5.91 Å². The van der Waals surface area contributed by atoms with Crippen LogP contribution in [0.25, 0.3) is 11.0 Å². The number of carboxylic acids is 1. The summed E-state index contributed by atoms with van der Waals surface area (Å²) >= 11 is 1.13. The van der Waals surface area contributed by atoms with Crippen LogP contribution in [-0.4, -0.2) is 49.5 Å². The van der Waals surface area contributed by atoms with Crippen molar-refractivity contribution in [3.8, 4) is 11.6 Å². The maximum atomic E-state index is 12.8. The number of hydrogen-bond acceptors (Lipinski definition) is 8. The molecule has 2 heterocycles. The van der Waals surface area contributed by atoms with E-state index in [1.807, 2.05) is 6.08 Å². The zero-order valence-electron chi connectivity index (χ0n) is 17.4. The number of fused-ring (bicyclic) bond motifs is 1. The first-order chi connectivity index (χ1) is 15.5. The molecule has 4 rings (SSSR count). The van der Waals surface area contributed by atoms with Crippen molar-refractivity contribution in [1.29, 1.82) is 0 Å². The van der Waals surface area contributed by atoms with Gasteiger partial charge in [0, 0.05) is 18.8 Å². The molecule has 166 valence electrons. The third-order valence-corrected chi connectivity index (χ3v) is 5.69. The average molecular weight is 455 g/mol. The first-order valence-corrected chi connectivity index (χ1v) is 10.9. The SMILES string of the molecule is CC(OC1CC=C(CNC(=O)c2cccnc2Oc2ccc3nsnc3c2)CC1)C(=O)O. The van der Waals surface area contributed by atoms with E-state index in [1.54, 1.807) is 36.5 Å². The number of pyridine rings is 1. The fourth-order valence-corrected chi connectivity index (χ4v) is 3.88. The summed E-state index contributed by atoms with van der Waals surface area (Å²) < 4.78 is 19.7. The van der Waals surface area contributed by atoms with Gasteiger partial charge in [-0.25, -0.2) is 9.78 Å². The third-order valence-electron chi connectivity index (χ3n) is 5.13. The van der Waals surface area contributed by atoms with E-state index in [-0.39, 0.29) is 17.9 Å². The summed E-state index contributed by atoms with van der Waals surface area (Å²) in [5, 5.41) is 11.9. The molecule has 2 atom stereocenters. The van der Waals surface area contributed by atoms with Crippen molar-refractivity contribution in [1.82, 2.24) is 19.0 Å². The minimum absolute atomic E-state index is 0.121.